The number of rotatable bonds is 7. The first-order valence-electron chi connectivity index (χ1n) is 6.25. The van der Waals surface area contributed by atoms with Crippen LogP contribution in [0.4, 0.5) is 0 Å². The lowest BCUT2D eigenvalue weighted by atomic mass is 9.96. The number of sulfonamides is 1. The molecular formula is C13H18BrNO4S. The van der Waals surface area contributed by atoms with E-state index in [9.17, 15) is 13.2 Å². The van der Waals surface area contributed by atoms with Crippen molar-refractivity contribution in [2.45, 2.75) is 26.3 Å². The van der Waals surface area contributed by atoms with Crippen molar-refractivity contribution < 1.29 is 18.3 Å². The molecule has 1 aromatic rings. The molecule has 0 aliphatic carbocycles. The lowest BCUT2D eigenvalue weighted by Crippen LogP contribution is -2.36. The quantitative estimate of drug-likeness (QED) is 0.779. The minimum atomic E-state index is -3.49. The molecule has 5 nitrogen and oxygen atoms in total. The SMILES string of the molecule is CCCS(=O)(=O)NC(c1ccc(Br)cc1)C(C)C(=O)O. The molecular weight excluding hydrogens is 346 g/mol. The Morgan fingerprint density at radius 2 is 1.90 bits per heavy atom. The summed E-state index contributed by atoms with van der Waals surface area (Å²) in [7, 11) is -3.49. The van der Waals surface area contributed by atoms with E-state index in [4.69, 9.17) is 5.11 Å². The lowest BCUT2D eigenvalue weighted by molar-refractivity contribution is -0.142. The van der Waals surface area contributed by atoms with E-state index in [2.05, 4.69) is 20.7 Å². The molecule has 0 aliphatic heterocycles. The molecule has 0 amide bonds. The monoisotopic (exact) mass is 363 g/mol. The maximum absolute atomic E-state index is 11.9. The Bertz CT molecular complexity index is 556. The smallest absolute Gasteiger partial charge is 0.308 e. The average molecular weight is 364 g/mol. The molecule has 0 saturated carbocycles. The molecule has 0 heterocycles. The van der Waals surface area contributed by atoms with Crippen LogP contribution in [0.15, 0.2) is 28.7 Å². The molecule has 0 aliphatic rings. The fourth-order valence-electron chi connectivity index (χ4n) is 1.79. The molecule has 7 heteroatoms. The van der Waals surface area contributed by atoms with Crippen LogP contribution in [0.3, 0.4) is 0 Å². The van der Waals surface area contributed by atoms with Gasteiger partial charge in [-0.1, -0.05) is 41.9 Å². The van der Waals surface area contributed by atoms with Crippen LogP contribution < -0.4 is 4.72 Å². The zero-order valence-electron chi connectivity index (χ0n) is 11.3. The van der Waals surface area contributed by atoms with Crippen LogP contribution in [-0.2, 0) is 14.8 Å². The van der Waals surface area contributed by atoms with Crippen molar-refractivity contribution in [3.63, 3.8) is 0 Å². The second kappa shape index (κ2) is 7.19. The van der Waals surface area contributed by atoms with Gasteiger partial charge >= 0.3 is 5.97 Å². The third kappa shape index (κ3) is 4.88. The Morgan fingerprint density at radius 3 is 2.35 bits per heavy atom. The third-order valence-corrected chi connectivity index (χ3v) is 4.99. The Balaban J connectivity index is 3.09. The molecule has 112 valence electrons. The van der Waals surface area contributed by atoms with Crippen molar-refractivity contribution in [2.24, 2.45) is 5.92 Å². The van der Waals surface area contributed by atoms with Crippen LogP contribution in [0.25, 0.3) is 0 Å². The van der Waals surface area contributed by atoms with Crippen LogP contribution >= 0.6 is 15.9 Å². The van der Waals surface area contributed by atoms with Crippen molar-refractivity contribution in [1.82, 2.24) is 4.72 Å². The van der Waals surface area contributed by atoms with Gasteiger partial charge in [0.1, 0.15) is 0 Å². The lowest BCUT2D eigenvalue weighted by Gasteiger charge is -2.22. The highest BCUT2D eigenvalue weighted by atomic mass is 79.9. The second-order valence-electron chi connectivity index (χ2n) is 4.59. The standard InChI is InChI=1S/C13H18BrNO4S/c1-3-8-20(18,19)15-12(9(2)13(16)17)10-4-6-11(14)7-5-10/h4-7,9,12,15H,3,8H2,1-2H3,(H,16,17). The van der Waals surface area contributed by atoms with Gasteiger partial charge in [-0.2, -0.15) is 0 Å². The van der Waals surface area contributed by atoms with Crippen molar-refractivity contribution >= 4 is 31.9 Å². The molecule has 1 rings (SSSR count). The van der Waals surface area contributed by atoms with Gasteiger partial charge in [0.15, 0.2) is 0 Å². The number of carboxylic acids is 1. The summed E-state index contributed by atoms with van der Waals surface area (Å²) in [4.78, 5) is 11.2. The maximum atomic E-state index is 11.9. The molecule has 1 aromatic carbocycles. The van der Waals surface area contributed by atoms with Gasteiger partial charge in [0.05, 0.1) is 17.7 Å². The van der Waals surface area contributed by atoms with E-state index in [0.717, 1.165) is 4.47 Å². The first-order chi connectivity index (χ1) is 9.26. The second-order valence-corrected chi connectivity index (χ2v) is 7.38. The van der Waals surface area contributed by atoms with Crippen molar-refractivity contribution in [3.05, 3.63) is 34.3 Å². The summed E-state index contributed by atoms with van der Waals surface area (Å²) < 4.78 is 27.1. The van der Waals surface area contributed by atoms with E-state index in [1.807, 2.05) is 0 Å². The van der Waals surface area contributed by atoms with Gasteiger partial charge in [-0.25, -0.2) is 13.1 Å². The summed E-state index contributed by atoms with van der Waals surface area (Å²) in [6, 6.07) is 6.15. The van der Waals surface area contributed by atoms with Gasteiger partial charge in [-0.15, -0.1) is 0 Å². The van der Waals surface area contributed by atoms with Gasteiger partial charge in [-0.05, 0) is 24.1 Å². The summed E-state index contributed by atoms with van der Waals surface area (Å²) in [6.45, 7) is 3.25. The highest BCUT2D eigenvalue weighted by molar-refractivity contribution is 9.10. The van der Waals surface area contributed by atoms with Crippen LogP contribution in [0.2, 0.25) is 0 Å². The number of halogens is 1. The Morgan fingerprint density at radius 1 is 1.35 bits per heavy atom. The van der Waals surface area contributed by atoms with E-state index in [1.165, 1.54) is 6.92 Å². The van der Waals surface area contributed by atoms with E-state index in [-0.39, 0.29) is 5.75 Å². The summed E-state index contributed by atoms with van der Waals surface area (Å²) in [6.07, 6.45) is 0.476. The van der Waals surface area contributed by atoms with Crippen molar-refractivity contribution in [3.8, 4) is 0 Å². The molecule has 20 heavy (non-hydrogen) atoms. The van der Waals surface area contributed by atoms with Gasteiger partial charge in [-0.3, -0.25) is 4.79 Å². The van der Waals surface area contributed by atoms with Crippen LogP contribution in [-0.4, -0.2) is 25.2 Å². The van der Waals surface area contributed by atoms with E-state index in [0.29, 0.717) is 12.0 Å². The normalized spacial score (nSPS) is 14.8. The van der Waals surface area contributed by atoms with Crippen LogP contribution in [0.1, 0.15) is 31.9 Å². The van der Waals surface area contributed by atoms with Crippen molar-refractivity contribution in [1.29, 1.82) is 0 Å². The van der Waals surface area contributed by atoms with E-state index >= 15 is 0 Å². The van der Waals surface area contributed by atoms with Crippen LogP contribution in [0.5, 0.6) is 0 Å². The fourth-order valence-corrected chi connectivity index (χ4v) is 3.44. The molecule has 0 bridgehead atoms. The van der Waals surface area contributed by atoms with Gasteiger partial charge in [0, 0.05) is 4.47 Å². The predicted molar refractivity (Wildman–Crippen MR) is 80.9 cm³/mol. The first-order valence-corrected chi connectivity index (χ1v) is 8.69. The van der Waals surface area contributed by atoms with Gasteiger partial charge in [0.25, 0.3) is 0 Å². The fraction of sp³-hybridized carbons (Fsp3) is 0.462. The summed E-state index contributed by atoms with van der Waals surface area (Å²) >= 11 is 3.29. The number of hydrogen-bond donors (Lipinski definition) is 2. The molecule has 2 unspecified atom stereocenters. The third-order valence-electron chi connectivity index (χ3n) is 2.90. The number of nitrogens with one attached hydrogen (secondary N) is 1. The van der Waals surface area contributed by atoms with E-state index < -0.39 is 28.0 Å². The molecule has 0 fully saturated rings. The maximum Gasteiger partial charge on any atom is 0.308 e. The van der Waals surface area contributed by atoms with Gasteiger partial charge < -0.3 is 5.11 Å². The molecule has 2 N–H and O–H groups in total. The minimum Gasteiger partial charge on any atom is -0.481 e. The number of carbonyl (C=O) groups is 1. The number of aliphatic carboxylic acids is 1. The topological polar surface area (TPSA) is 83.5 Å². The molecule has 0 spiro atoms. The van der Waals surface area contributed by atoms with Crippen molar-refractivity contribution in [2.75, 3.05) is 5.75 Å². The summed E-state index contributed by atoms with van der Waals surface area (Å²) in [5, 5.41) is 9.15. The molecule has 0 saturated heterocycles. The predicted octanol–water partition coefficient (Wildman–Crippen LogP) is 2.54. The Kier molecular flexibility index (Phi) is 6.16. The summed E-state index contributed by atoms with van der Waals surface area (Å²) in [5.41, 5.74) is 0.628. The van der Waals surface area contributed by atoms with Gasteiger partial charge in [0.2, 0.25) is 10.0 Å². The van der Waals surface area contributed by atoms with Crippen LogP contribution in [0, 0.1) is 5.92 Å². The largest absolute Gasteiger partial charge is 0.481 e. The first kappa shape index (κ1) is 17.1. The Hall–Kier alpha value is -0.920. The average Bonchev–Trinajstić information content (AvgIpc) is 2.36. The number of carboxylic acid groups (broad SMARTS) is 1. The molecule has 0 radical (unpaired) electrons. The number of benzene rings is 1. The molecule has 0 aromatic heterocycles. The number of hydrogen-bond acceptors (Lipinski definition) is 3. The van der Waals surface area contributed by atoms with E-state index in [1.54, 1.807) is 31.2 Å². The zero-order chi connectivity index (χ0) is 15.3. The highest BCUT2D eigenvalue weighted by Crippen LogP contribution is 2.25. The minimum absolute atomic E-state index is 0.0215. The molecule has 2 atom stereocenters. The Labute approximate surface area is 127 Å². The zero-order valence-corrected chi connectivity index (χ0v) is 13.7. The summed E-state index contributed by atoms with van der Waals surface area (Å²) in [5.74, 6) is -1.92. The highest BCUT2D eigenvalue weighted by Gasteiger charge is 2.28.